The van der Waals surface area contributed by atoms with Gasteiger partial charge in [0, 0.05) is 37.4 Å². The molecule has 1 heterocycles. The van der Waals surface area contributed by atoms with Gasteiger partial charge < -0.3 is 31.5 Å². The second-order valence-corrected chi connectivity index (χ2v) is 8.99. The predicted octanol–water partition coefficient (Wildman–Crippen LogP) is -0.987. The van der Waals surface area contributed by atoms with Crippen LogP contribution < -0.4 is 31.9 Å². The molecule has 43 heavy (non-hydrogen) atoms. The lowest BCUT2D eigenvalue weighted by Crippen LogP contribution is -2.56. The van der Waals surface area contributed by atoms with Gasteiger partial charge in [-0.15, -0.1) is 6.42 Å². The number of nitrogens with one attached hydrogen (secondary N) is 4. The summed E-state index contributed by atoms with van der Waals surface area (Å²) < 4.78 is 5.59. The fourth-order valence-electron chi connectivity index (χ4n) is 3.78. The number of carboxylic acids is 1. The number of nitro groups is 1. The molecule has 0 saturated carbocycles. The highest BCUT2D eigenvalue weighted by Gasteiger charge is 2.31. The first-order valence-electron chi connectivity index (χ1n) is 12.9. The standard InChI is InChI=1S/C26H30N6O11/c1-2-3-13-42-43-28-12-5-4-6-19-25(37)29-18(23(27)35)11-14-41-21-9-7-16(32(39)40)15-17(21)24(36)30-20(26(38)31-19)8-10-22(33)34/h1,7,9,15,18-20,28H,4-6,8,10-12,14H2,(H2,27,35)(H,29,37)(H,30,36)(H,31,38)(H,33,34)/t18?,19-,20?/m1/s1. The van der Waals surface area contributed by atoms with E-state index in [2.05, 4.69) is 43.3 Å². The van der Waals surface area contributed by atoms with Crippen LogP contribution in [0.4, 0.5) is 5.69 Å². The predicted molar refractivity (Wildman–Crippen MR) is 145 cm³/mol. The highest BCUT2D eigenvalue weighted by molar-refractivity contribution is 6.01. The van der Waals surface area contributed by atoms with Gasteiger partial charge in [0.05, 0.1) is 17.1 Å². The summed E-state index contributed by atoms with van der Waals surface area (Å²) in [6.07, 6.45) is 6.75. The van der Waals surface area contributed by atoms with Crippen LogP contribution in [0.2, 0.25) is 0 Å². The third-order valence-electron chi connectivity index (χ3n) is 5.93. The molecule has 0 aromatic heterocycles. The largest absolute Gasteiger partial charge is 0.493 e. The highest BCUT2D eigenvalue weighted by Crippen LogP contribution is 2.25. The van der Waals surface area contributed by atoms with E-state index in [0.717, 1.165) is 18.2 Å². The van der Waals surface area contributed by atoms with Crippen LogP contribution in [-0.4, -0.2) is 70.9 Å². The Morgan fingerprint density at radius 1 is 1.16 bits per heavy atom. The lowest BCUT2D eigenvalue weighted by atomic mass is 10.0. The average molecular weight is 603 g/mol. The van der Waals surface area contributed by atoms with Crippen molar-refractivity contribution in [2.45, 2.75) is 56.7 Å². The number of rotatable bonds is 12. The van der Waals surface area contributed by atoms with Gasteiger partial charge in [0.1, 0.15) is 23.9 Å². The number of carbonyl (C=O) groups is 5. The number of non-ortho nitro benzene ring substituents is 1. The number of ether oxygens (including phenoxy) is 1. The summed E-state index contributed by atoms with van der Waals surface area (Å²) in [7, 11) is 0. The number of fused-ring (bicyclic) bond motifs is 1. The smallest absolute Gasteiger partial charge is 0.303 e. The molecule has 230 valence electrons. The molecule has 0 bridgehead atoms. The first-order chi connectivity index (χ1) is 20.5. The maximum Gasteiger partial charge on any atom is 0.303 e. The zero-order valence-corrected chi connectivity index (χ0v) is 22.8. The van der Waals surface area contributed by atoms with Gasteiger partial charge in [0.2, 0.25) is 17.7 Å². The molecular formula is C26H30N6O11. The van der Waals surface area contributed by atoms with Gasteiger partial charge >= 0.3 is 5.97 Å². The van der Waals surface area contributed by atoms with Gasteiger partial charge in [0.15, 0.2) is 6.11 Å². The van der Waals surface area contributed by atoms with Crippen molar-refractivity contribution in [3.8, 4) is 30.1 Å². The Hall–Kier alpha value is -5.39. The third-order valence-corrected chi connectivity index (χ3v) is 5.93. The molecule has 1 aliphatic heterocycles. The molecule has 0 aliphatic carbocycles. The fourth-order valence-corrected chi connectivity index (χ4v) is 3.78. The van der Waals surface area contributed by atoms with Crippen LogP contribution in [0.3, 0.4) is 0 Å². The van der Waals surface area contributed by atoms with Crippen molar-refractivity contribution in [3.63, 3.8) is 0 Å². The van der Waals surface area contributed by atoms with E-state index in [1.807, 2.05) is 5.92 Å². The molecular weight excluding hydrogens is 572 g/mol. The normalized spacial score (nSPS) is 18.9. The number of aliphatic carboxylic acids is 1. The molecule has 17 heteroatoms. The van der Waals surface area contributed by atoms with E-state index in [1.165, 1.54) is 0 Å². The number of hydrogen-bond acceptors (Lipinski definition) is 11. The second kappa shape index (κ2) is 17.4. The van der Waals surface area contributed by atoms with E-state index >= 15 is 0 Å². The Morgan fingerprint density at radius 2 is 1.88 bits per heavy atom. The minimum atomic E-state index is -1.46. The Morgan fingerprint density at radius 3 is 2.56 bits per heavy atom. The summed E-state index contributed by atoms with van der Waals surface area (Å²) in [6, 6.07) is -0.737. The van der Waals surface area contributed by atoms with Gasteiger partial charge in [-0.3, -0.25) is 39.0 Å². The van der Waals surface area contributed by atoms with E-state index < -0.39 is 64.8 Å². The maximum atomic E-state index is 13.3. The topological polar surface area (TPSA) is 251 Å². The Labute approximate surface area is 245 Å². The number of carboxylic acid groups (broad SMARTS) is 1. The van der Waals surface area contributed by atoms with Crippen molar-refractivity contribution in [2.75, 3.05) is 13.2 Å². The van der Waals surface area contributed by atoms with E-state index in [9.17, 15) is 34.1 Å². The highest BCUT2D eigenvalue weighted by atomic mass is 17.3. The van der Waals surface area contributed by atoms with Crippen molar-refractivity contribution in [3.05, 3.63) is 33.9 Å². The van der Waals surface area contributed by atoms with E-state index in [1.54, 1.807) is 0 Å². The number of amides is 4. The fraction of sp³-hybridized carbons (Fsp3) is 0.423. The molecule has 1 aromatic rings. The van der Waals surface area contributed by atoms with Crippen molar-refractivity contribution in [1.29, 1.82) is 0 Å². The van der Waals surface area contributed by atoms with Crippen LogP contribution in [0.15, 0.2) is 18.2 Å². The number of benzene rings is 1. The summed E-state index contributed by atoms with van der Waals surface area (Å²) >= 11 is 0. The number of hydroxylamine groups is 1. The van der Waals surface area contributed by atoms with Crippen LogP contribution >= 0.6 is 0 Å². The van der Waals surface area contributed by atoms with Gasteiger partial charge in [0.25, 0.3) is 11.6 Å². The van der Waals surface area contributed by atoms with Gasteiger partial charge in [-0.2, -0.15) is 5.48 Å². The third kappa shape index (κ3) is 11.6. The van der Waals surface area contributed by atoms with Gasteiger partial charge in [-0.25, -0.2) is 0 Å². The Balaban J connectivity index is 2.30. The lowest BCUT2D eigenvalue weighted by Gasteiger charge is -2.26. The van der Waals surface area contributed by atoms with Crippen molar-refractivity contribution in [2.24, 2.45) is 5.73 Å². The van der Waals surface area contributed by atoms with Crippen LogP contribution in [-0.2, 0) is 29.1 Å². The van der Waals surface area contributed by atoms with Crippen molar-refractivity contribution >= 4 is 35.3 Å². The zero-order valence-electron chi connectivity index (χ0n) is 22.8. The van der Waals surface area contributed by atoms with Crippen molar-refractivity contribution < 1.29 is 48.6 Å². The number of terminal acetylenes is 1. The number of hydrogen-bond donors (Lipinski definition) is 6. The first-order valence-corrected chi connectivity index (χ1v) is 12.9. The minimum absolute atomic E-state index is 0.0492. The molecule has 4 amide bonds. The first kappa shape index (κ1) is 33.8. The molecule has 7 N–H and O–H groups in total. The number of primary amides is 1. The van der Waals surface area contributed by atoms with Crippen LogP contribution in [0.5, 0.6) is 5.75 Å². The Kier molecular flexibility index (Phi) is 13.7. The monoisotopic (exact) mass is 602 g/mol. The van der Waals surface area contributed by atoms with E-state index in [0.29, 0.717) is 12.8 Å². The summed E-state index contributed by atoms with van der Waals surface area (Å²) in [6.45, 7) is 0.00894. The molecule has 0 fully saturated rings. The molecule has 0 radical (unpaired) electrons. The SMILES string of the molecule is C#CC#COONCCCC[C@H]1NC(=O)C(CCC(=O)O)NC(=O)c2cc([N+](=O)[O-])ccc2OCCC(C(N)=O)NC1=O. The number of nitrogens with two attached hydrogens (primary N) is 1. The molecule has 2 rings (SSSR count). The Bertz CT molecular complexity index is 1320. The number of nitrogens with zero attached hydrogens (tertiary/aromatic N) is 1. The maximum absolute atomic E-state index is 13.3. The number of nitro benzene ring substituents is 1. The molecule has 1 aliphatic rings. The summed E-state index contributed by atoms with van der Waals surface area (Å²) in [4.78, 5) is 82.5. The second-order valence-electron chi connectivity index (χ2n) is 8.99. The van der Waals surface area contributed by atoms with Crippen LogP contribution in [0.1, 0.15) is 48.9 Å². The molecule has 0 spiro atoms. The van der Waals surface area contributed by atoms with E-state index in [4.69, 9.17) is 22.0 Å². The summed E-state index contributed by atoms with van der Waals surface area (Å²) in [5, 5.41) is 27.8. The van der Waals surface area contributed by atoms with Gasteiger partial charge in [-0.1, -0.05) is 4.99 Å². The van der Waals surface area contributed by atoms with E-state index in [-0.39, 0.29) is 43.7 Å². The zero-order chi connectivity index (χ0) is 31.8. The summed E-state index contributed by atoms with van der Waals surface area (Å²) in [5.74, 6) is -0.723. The molecule has 1 aromatic carbocycles. The average Bonchev–Trinajstić information content (AvgIpc) is 2.96. The van der Waals surface area contributed by atoms with Crippen LogP contribution in [0, 0.1) is 34.5 Å². The summed E-state index contributed by atoms with van der Waals surface area (Å²) in [5.41, 5.74) is 7.15. The van der Waals surface area contributed by atoms with Crippen molar-refractivity contribution in [1.82, 2.24) is 21.4 Å². The van der Waals surface area contributed by atoms with Crippen LogP contribution in [0.25, 0.3) is 0 Å². The molecule has 2 unspecified atom stereocenters. The van der Waals surface area contributed by atoms with Gasteiger partial charge in [-0.05, 0) is 37.7 Å². The number of unbranched alkanes of at least 4 members (excludes halogenated alkanes) is 1. The molecule has 3 atom stereocenters. The quantitative estimate of drug-likeness (QED) is 0.0555. The number of carbonyl (C=O) groups excluding carboxylic acids is 4. The molecule has 17 nitrogen and oxygen atoms in total. The molecule has 0 saturated heterocycles. The minimum Gasteiger partial charge on any atom is -0.493 e. The lowest BCUT2D eigenvalue weighted by molar-refractivity contribution is -0.384.